The van der Waals surface area contributed by atoms with Crippen LogP contribution in [0.15, 0.2) is 45.0 Å². The summed E-state index contributed by atoms with van der Waals surface area (Å²) < 4.78 is 5.32. The molecule has 9 heteroatoms. The van der Waals surface area contributed by atoms with Gasteiger partial charge < -0.3 is 4.74 Å². The quantitative estimate of drug-likeness (QED) is 0.263. The molecular formula is C16H11N3O2S4. The summed E-state index contributed by atoms with van der Waals surface area (Å²) in [6.45, 7) is 0.192. The minimum absolute atomic E-state index is 0.192. The fourth-order valence-corrected chi connectivity index (χ4v) is 5.19. The maximum absolute atomic E-state index is 12.0. The molecule has 0 atom stereocenters. The number of thioether (sulfide) groups is 1. The van der Waals surface area contributed by atoms with Crippen LogP contribution in [-0.2, 0) is 16.1 Å². The summed E-state index contributed by atoms with van der Waals surface area (Å²) >= 11 is 6.11. The predicted molar refractivity (Wildman–Crippen MR) is 103 cm³/mol. The molecular weight excluding hydrogens is 394 g/mol. The van der Waals surface area contributed by atoms with Gasteiger partial charge in [0.25, 0.3) is 0 Å². The summed E-state index contributed by atoms with van der Waals surface area (Å²) in [6.07, 6.45) is 1.52. The molecule has 0 bridgehead atoms. The van der Waals surface area contributed by atoms with E-state index in [-0.39, 0.29) is 18.3 Å². The minimum atomic E-state index is -0.280. The fraction of sp³-hybridized carbons (Fsp3) is 0.125. The van der Waals surface area contributed by atoms with Gasteiger partial charge >= 0.3 is 5.97 Å². The van der Waals surface area contributed by atoms with Crippen LogP contribution in [0.4, 0.5) is 0 Å². The van der Waals surface area contributed by atoms with E-state index < -0.39 is 0 Å². The second-order valence-corrected chi connectivity index (χ2v) is 8.42. The largest absolute Gasteiger partial charge is 0.459 e. The summed E-state index contributed by atoms with van der Waals surface area (Å²) in [5, 5.41) is 10.7. The lowest BCUT2D eigenvalue weighted by Gasteiger charge is -2.03. The second-order valence-electron chi connectivity index (χ2n) is 4.92. The highest BCUT2D eigenvalue weighted by atomic mass is 32.2. The summed E-state index contributed by atoms with van der Waals surface area (Å²) in [5.41, 5.74) is 1.87. The number of rotatable bonds is 6. The van der Waals surface area contributed by atoms with Crippen LogP contribution in [-0.4, -0.2) is 26.7 Å². The average Bonchev–Trinajstić information content (AvgIpc) is 3.38. The van der Waals surface area contributed by atoms with E-state index in [4.69, 9.17) is 4.74 Å². The smallest absolute Gasteiger partial charge is 0.316 e. The predicted octanol–water partition coefficient (Wildman–Crippen LogP) is 4.71. The van der Waals surface area contributed by atoms with Gasteiger partial charge in [-0.25, -0.2) is 15.0 Å². The molecule has 0 aliphatic heterocycles. The van der Waals surface area contributed by atoms with Crippen LogP contribution in [0.3, 0.4) is 0 Å². The number of esters is 1. The van der Waals surface area contributed by atoms with Gasteiger partial charge in [-0.15, -0.1) is 22.7 Å². The molecule has 0 spiro atoms. The normalized spacial score (nSPS) is 11.0. The Labute approximate surface area is 159 Å². The maximum Gasteiger partial charge on any atom is 0.316 e. The molecule has 0 N–H and O–H groups in total. The van der Waals surface area contributed by atoms with Crippen LogP contribution < -0.4 is 0 Å². The lowest BCUT2D eigenvalue weighted by Crippen LogP contribution is -2.07. The van der Waals surface area contributed by atoms with Crippen molar-refractivity contribution in [3.63, 3.8) is 0 Å². The molecule has 0 saturated carbocycles. The molecule has 0 unspecified atom stereocenters. The van der Waals surface area contributed by atoms with E-state index in [1.807, 2.05) is 28.3 Å². The zero-order valence-electron chi connectivity index (χ0n) is 12.7. The van der Waals surface area contributed by atoms with Gasteiger partial charge in [-0.3, -0.25) is 4.79 Å². The van der Waals surface area contributed by atoms with Crippen molar-refractivity contribution in [1.82, 2.24) is 15.0 Å². The highest BCUT2D eigenvalue weighted by Gasteiger charge is 2.11. The van der Waals surface area contributed by atoms with Crippen molar-refractivity contribution in [2.45, 2.75) is 11.6 Å². The van der Waals surface area contributed by atoms with E-state index in [1.54, 1.807) is 34.0 Å². The standard InChI is InChI=1S/C16H11N3O2S4/c20-13(8-25-16-12-2-4-23-15(12)17-9-18-16)21-5-11-7-24-14(19-11)10-1-3-22-6-10/h1-4,6-7,9H,5,8H2. The molecule has 0 aromatic carbocycles. The highest BCUT2D eigenvalue weighted by Crippen LogP contribution is 2.28. The number of hydrogen-bond donors (Lipinski definition) is 0. The van der Waals surface area contributed by atoms with Crippen LogP contribution in [0.2, 0.25) is 0 Å². The third-order valence-electron chi connectivity index (χ3n) is 3.25. The summed E-state index contributed by atoms with van der Waals surface area (Å²) in [4.78, 5) is 25.9. The van der Waals surface area contributed by atoms with Crippen LogP contribution in [0.1, 0.15) is 5.69 Å². The number of carbonyl (C=O) groups is 1. The van der Waals surface area contributed by atoms with E-state index in [2.05, 4.69) is 20.3 Å². The zero-order valence-corrected chi connectivity index (χ0v) is 16.0. The van der Waals surface area contributed by atoms with Crippen molar-refractivity contribution in [3.05, 3.63) is 45.7 Å². The lowest BCUT2D eigenvalue weighted by molar-refractivity contribution is -0.141. The molecule has 4 rings (SSSR count). The Kier molecular flexibility index (Phi) is 5.07. The number of ether oxygens (including phenoxy) is 1. The van der Waals surface area contributed by atoms with Crippen LogP contribution in [0.5, 0.6) is 0 Å². The van der Waals surface area contributed by atoms with Crippen LogP contribution in [0.25, 0.3) is 20.8 Å². The first-order valence-corrected chi connectivity index (χ1v) is 10.9. The molecule has 4 heterocycles. The first-order valence-electron chi connectivity index (χ1n) is 7.23. The van der Waals surface area contributed by atoms with E-state index in [0.29, 0.717) is 0 Å². The first kappa shape index (κ1) is 16.6. The molecule has 0 amide bonds. The average molecular weight is 406 g/mol. The summed E-state index contributed by atoms with van der Waals surface area (Å²) in [7, 11) is 0. The van der Waals surface area contributed by atoms with Crippen molar-refractivity contribution in [3.8, 4) is 10.6 Å². The van der Waals surface area contributed by atoms with Gasteiger partial charge in [0.2, 0.25) is 0 Å². The number of thiazole rings is 1. The fourth-order valence-electron chi connectivity index (χ4n) is 2.10. The number of nitrogens with zero attached hydrogens (tertiary/aromatic N) is 3. The van der Waals surface area contributed by atoms with Crippen molar-refractivity contribution < 1.29 is 9.53 Å². The Morgan fingerprint density at radius 3 is 3.00 bits per heavy atom. The minimum Gasteiger partial charge on any atom is -0.459 e. The zero-order chi connectivity index (χ0) is 17.1. The molecule has 0 aliphatic carbocycles. The first-order chi connectivity index (χ1) is 12.3. The van der Waals surface area contributed by atoms with Crippen LogP contribution in [0, 0.1) is 0 Å². The highest BCUT2D eigenvalue weighted by molar-refractivity contribution is 8.00. The molecule has 0 aliphatic rings. The SMILES string of the molecule is O=C(CSc1ncnc2sccc12)OCc1csc(-c2ccsc2)n1. The molecule has 25 heavy (non-hydrogen) atoms. The number of hydrogen-bond acceptors (Lipinski definition) is 9. The topological polar surface area (TPSA) is 65.0 Å². The number of fused-ring (bicyclic) bond motifs is 1. The van der Waals surface area contributed by atoms with E-state index in [0.717, 1.165) is 31.5 Å². The molecule has 4 aromatic rings. The maximum atomic E-state index is 12.0. The van der Waals surface area contributed by atoms with Crippen molar-refractivity contribution in [2.24, 2.45) is 0 Å². The number of carbonyl (C=O) groups excluding carboxylic acids is 1. The second kappa shape index (κ2) is 7.61. The van der Waals surface area contributed by atoms with Gasteiger partial charge in [-0.2, -0.15) is 11.3 Å². The molecule has 0 saturated heterocycles. The summed E-state index contributed by atoms with van der Waals surface area (Å²) in [5.74, 6) is -0.0687. The lowest BCUT2D eigenvalue weighted by atomic mass is 10.4. The van der Waals surface area contributed by atoms with Crippen molar-refractivity contribution in [2.75, 3.05) is 5.75 Å². The Morgan fingerprint density at radius 1 is 1.16 bits per heavy atom. The van der Waals surface area contributed by atoms with Crippen LogP contribution >= 0.6 is 45.8 Å². The van der Waals surface area contributed by atoms with E-state index in [1.165, 1.54) is 18.1 Å². The van der Waals surface area contributed by atoms with E-state index >= 15 is 0 Å². The Bertz CT molecular complexity index is 994. The Hall–Kier alpha value is -1.81. The Balaban J connectivity index is 1.31. The Morgan fingerprint density at radius 2 is 2.12 bits per heavy atom. The third-order valence-corrected chi connectivity index (χ3v) is 6.68. The number of thiophene rings is 2. The van der Waals surface area contributed by atoms with Gasteiger partial charge in [-0.05, 0) is 22.9 Å². The van der Waals surface area contributed by atoms with Gasteiger partial charge in [0.15, 0.2) is 0 Å². The molecule has 5 nitrogen and oxygen atoms in total. The molecule has 0 fully saturated rings. The third kappa shape index (κ3) is 3.90. The van der Waals surface area contributed by atoms with Gasteiger partial charge in [0, 0.05) is 21.7 Å². The monoisotopic (exact) mass is 405 g/mol. The van der Waals surface area contributed by atoms with E-state index in [9.17, 15) is 4.79 Å². The van der Waals surface area contributed by atoms with Gasteiger partial charge in [0.05, 0.1) is 11.4 Å². The van der Waals surface area contributed by atoms with Gasteiger partial charge in [-0.1, -0.05) is 11.8 Å². The molecule has 126 valence electrons. The summed E-state index contributed by atoms with van der Waals surface area (Å²) in [6, 6.07) is 4.00. The van der Waals surface area contributed by atoms with Gasteiger partial charge in [0.1, 0.15) is 27.8 Å². The molecule has 0 radical (unpaired) electrons. The van der Waals surface area contributed by atoms with Crippen molar-refractivity contribution in [1.29, 1.82) is 0 Å². The van der Waals surface area contributed by atoms with Crippen molar-refractivity contribution >= 4 is 62.0 Å². The molecule has 4 aromatic heterocycles. The number of aromatic nitrogens is 3.